The smallest absolute Gasteiger partial charge is 0.226 e. The molecule has 0 N–H and O–H groups in total. The second-order valence-corrected chi connectivity index (χ2v) is 5.62. The topological polar surface area (TPSA) is 20.3 Å². The zero-order valence-corrected chi connectivity index (χ0v) is 11.5. The molecule has 17 heavy (non-hydrogen) atoms. The molecule has 0 unspecified atom stereocenters. The molecule has 2 nitrogen and oxygen atoms in total. The first-order valence-electron chi connectivity index (χ1n) is 6.57. The molecule has 1 fully saturated rings. The fraction of sp³-hybridized carbons (Fsp3) is 0.643. The van der Waals surface area contributed by atoms with Crippen LogP contribution in [0.5, 0.6) is 0 Å². The predicted octanol–water partition coefficient (Wildman–Crippen LogP) is 3.68. The lowest BCUT2D eigenvalue weighted by Crippen LogP contribution is -2.37. The molecule has 3 heteroatoms. The normalized spacial score (nSPS) is 15.2. The van der Waals surface area contributed by atoms with Gasteiger partial charge in [0.1, 0.15) is 0 Å². The standard InChI is InChI=1S/C14H21NOS/c1-3-12(4-2)14(16)15(13-5-6-13)9-11-7-8-17-10-11/h7-8,10,12-13H,3-6,9H2,1-2H3. The Labute approximate surface area is 108 Å². The number of thiophene rings is 1. The van der Waals surface area contributed by atoms with Gasteiger partial charge in [0.25, 0.3) is 0 Å². The van der Waals surface area contributed by atoms with E-state index in [9.17, 15) is 4.79 Å². The summed E-state index contributed by atoms with van der Waals surface area (Å²) in [6.07, 6.45) is 4.30. The maximum atomic E-state index is 12.4. The van der Waals surface area contributed by atoms with Crippen LogP contribution >= 0.6 is 11.3 Å². The zero-order valence-electron chi connectivity index (χ0n) is 10.7. The monoisotopic (exact) mass is 251 g/mol. The van der Waals surface area contributed by atoms with E-state index in [1.165, 1.54) is 18.4 Å². The van der Waals surface area contributed by atoms with Gasteiger partial charge in [-0.25, -0.2) is 0 Å². The molecule has 0 aliphatic heterocycles. The molecule has 94 valence electrons. The highest BCUT2D eigenvalue weighted by atomic mass is 32.1. The second kappa shape index (κ2) is 5.67. The highest BCUT2D eigenvalue weighted by molar-refractivity contribution is 7.07. The van der Waals surface area contributed by atoms with Crippen LogP contribution in [0.15, 0.2) is 16.8 Å². The lowest BCUT2D eigenvalue weighted by Gasteiger charge is -2.26. The molecule has 0 bridgehead atoms. The molecule has 0 aromatic carbocycles. The van der Waals surface area contributed by atoms with Crippen molar-refractivity contribution in [1.29, 1.82) is 0 Å². The Morgan fingerprint density at radius 3 is 2.65 bits per heavy atom. The molecule has 1 heterocycles. The van der Waals surface area contributed by atoms with Crippen LogP contribution in [0.25, 0.3) is 0 Å². The Morgan fingerprint density at radius 2 is 2.18 bits per heavy atom. The average molecular weight is 251 g/mol. The Balaban J connectivity index is 2.04. The van der Waals surface area contributed by atoms with Crippen molar-refractivity contribution < 1.29 is 4.79 Å². The quantitative estimate of drug-likeness (QED) is 0.755. The average Bonchev–Trinajstić information content (AvgIpc) is 3.05. The van der Waals surface area contributed by atoms with Gasteiger partial charge < -0.3 is 4.90 Å². The summed E-state index contributed by atoms with van der Waals surface area (Å²) in [5, 5.41) is 4.23. The minimum absolute atomic E-state index is 0.217. The van der Waals surface area contributed by atoms with Crippen LogP contribution < -0.4 is 0 Å². The minimum atomic E-state index is 0.217. The Bertz CT molecular complexity index is 352. The number of nitrogens with zero attached hydrogens (tertiary/aromatic N) is 1. The highest BCUT2D eigenvalue weighted by Gasteiger charge is 2.34. The van der Waals surface area contributed by atoms with Gasteiger partial charge in [-0.2, -0.15) is 11.3 Å². The molecule has 0 radical (unpaired) electrons. The van der Waals surface area contributed by atoms with Crippen molar-refractivity contribution in [3.63, 3.8) is 0 Å². The van der Waals surface area contributed by atoms with E-state index in [-0.39, 0.29) is 5.92 Å². The lowest BCUT2D eigenvalue weighted by molar-refractivity contribution is -0.137. The minimum Gasteiger partial charge on any atom is -0.335 e. The van der Waals surface area contributed by atoms with Crippen LogP contribution in [0, 0.1) is 5.92 Å². The van der Waals surface area contributed by atoms with Crippen molar-refractivity contribution in [3.05, 3.63) is 22.4 Å². The molecule has 1 aliphatic rings. The third-order valence-electron chi connectivity index (χ3n) is 3.54. The summed E-state index contributed by atoms with van der Waals surface area (Å²) in [5.74, 6) is 0.581. The molecule has 1 aromatic rings. The van der Waals surface area contributed by atoms with Crippen LogP contribution in [-0.4, -0.2) is 16.8 Å². The summed E-state index contributed by atoms with van der Waals surface area (Å²) < 4.78 is 0. The van der Waals surface area contributed by atoms with Gasteiger partial charge in [0.2, 0.25) is 5.91 Å². The van der Waals surface area contributed by atoms with Gasteiger partial charge in [-0.05, 0) is 48.1 Å². The predicted molar refractivity (Wildman–Crippen MR) is 72.0 cm³/mol. The summed E-state index contributed by atoms with van der Waals surface area (Å²) >= 11 is 1.71. The summed E-state index contributed by atoms with van der Waals surface area (Å²) in [7, 11) is 0. The second-order valence-electron chi connectivity index (χ2n) is 4.84. The molecule has 1 amide bonds. The van der Waals surface area contributed by atoms with Gasteiger partial charge in [0.15, 0.2) is 0 Å². The fourth-order valence-electron chi connectivity index (χ4n) is 2.22. The largest absolute Gasteiger partial charge is 0.335 e. The molecule has 0 spiro atoms. The lowest BCUT2D eigenvalue weighted by atomic mass is 10.0. The van der Waals surface area contributed by atoms with Gasteiger partial charge in [-0.3, -0.25) is 4.79 Å². The SMILES string of the molecule is CCC(CC)C(=O)N(Cc1ccsc1)C1CC1. The third-order valence-corrected chi connectivity index (χ3v) is 4.27. The van der Waals surface area contributed by atoms with Gasteiger partial charge in [-0.15, -0.1) is 0 Å². The van der Waals surface area contributed by atoms with E-state index in [0.29, 0.717) is 11.9 Å². The van der Waals surface area contributed by atoms with Crippen LogP contribution in [-0.2, 0) is 11.3 Å². The van der Waals surface area contributed by atoms with Gasteiger partial charge in [0.05, 0.1) is 0 Å². The summed E-state index contributed by atoms with van der Waals surface area (Å²) in [6, 6.07) is 2.64. The summed E-state index contributed by atoms with van der Waals surface area (Å²) in [6.45, 7) is 5.03. The van der Waals surface area contributed by atoms with Crippen molar-refractivity contribution >= 4 is 17.2 Å². The first-order valence-corrected chi connectivity index (χ1v) is 7.52. The Kier molecular flexibility index (Phi) is 4.21. The molecule has 0 atom stereocenters. The van der Waals surface area contributed by atoms with Crippen molar-refractivity contribution in [2.75, 3.05) is 0 Å². The molecule has 2 rings (SSSR count). The number of hydrogen-bond donors (Lipinski definition) is 0. The van der Waals surface area contributed by atoms with Crippen LogP contribution in [0.4, 0.5) is 0 Å². The molecular formula is C14H21NOS. The third kappa shape index (κ3) is 3.09. The number of carbonyl (C=O) groups is 1. The van der Waals surface area contributed by atoms with Crippen LogP contribution in [0.3, 0.4) is 0 Å². The Hall–Kier alpha value is -0.830. The van der Waals surface area contributed by atoms with Crippen molar-refractivity contribution in [3.8, 4) is 0 Å². The summed E-state index contributed by atoms with van der Waals surface area (Å²) in [4.78, 5) is 14.6. The first kappa shape index (κ1) is 12.6. The molecule has 0 saturated heterocycles. The van der Waals surface area contributed by atoms with Crippen LogP contribution in [0.2, 0.25) is 0 Å². The number of rotatable bonds is 6. The highest BCUT2D eigenvalue weighted by Crippen LogP contribution is 2.31. The van der Waals surface area contributed by atoms with E-state index in [4.69, 9.17) is 0 Å². The zero-order chi connectivity index (χ0) is 12.3. The van der Waals surface area contributed by atoms with E-state index in [1.54, 1.807) is 11.3 Å². The van der Waals surface area contributed by atoms with E-state index < -0.39 is 0 Å². The van der Waals surface area contributed by atoms with E-state index in [1.807, 2.05) is 0 Å². The number of carbonyl (C=O) groups excluding carboxylic acids is 1. The molecule has 1 saturated carbocycles. The Morgan fingerprint density at radius 1 is 1.47 bits per heavy atom. The van der Waals surface area contributed by atoms with E-state index >= 15 is 0 Å². The number of hydrogen-bond acceptors (Lipinski definition) is 2. The fourth-order valence-corrected chi connectivity index (χ4v) is 2.88. The van der Waals surface area contributed by atoms with Crippen LogP contribution in [0.1, 0.15) is 45.1 Å². The van der Waals surface area contributed by atoms with Crippen molar-refractivity contribution in [2.24, 2.45) is 5.92 Å². The van der Waals surface area contributed by atoms with Crippen molar-refractivity contribution in [1.82, 2.24) is 4.90 Å². The number of amides is 1. The van der Waals surface area contributed by atoms with E-state index in [0.717, 1.165) is 19.4 Å². The maximum Gasteiger partial charge on any atom is 0.226 e. The first-order chi connectivity index (χ1) is 8.26. The van der Waals surface area contributed by atoms with Gasteiger partial charge >= 0.3 is 0 Å². The van der Waals surface area contributed by atoms with E-state index in [2.05, 4.69) is 35.6 Å². The van der Waals surface area contributed by atoms with Gasteiger partial charge in [-0.1, -0.05) is 13.8 Å². The summed E-state index contributed by atoms with van der Waals surface area (Å²) in [5.41, 5.74) is 1.28. The van der Waals surface area contributed by atoms with Gasteiger partial charge in [0, 0.05) is 18.5 Å². The molecule has 1 aliphatic carbocycles. The molecule has 1 aromatic heterocycles. The maximum absolute atomic E-state index is 12.4. The molecular weight excluding hydrogens is 230 g/mol. The van der Waals surface area contributed by atoms with Crippen molar-refractivity contribution in [2.45, 2.75) is 52.1 Å².